The maximum Gasteiger partial charge on any atom is 0.246 e. The van der Waals surface area contributed by atoms with Crippen LogP contribution in [0.2, 0.25) is 0 Å². The fourth-order valence-corrected chi connectivity index (χ4v) is 2.09. The molecule has 0 aliphatic carbocycles. The van der Waals surface area contributed by atoms with Crippen molar-refractivity contribution in [1.29, 1.82) is 5.26 Å². The predicted octanol–water partition coefficient (Wildman–Crippen LogP) is 3.60. The van der Waals surface area contributed by atoms with Crippen LogP contribution in [0.5, 0.6) is 5.75 Å². The second kappa shape index (κ2) is 5.17. The molecule has 0 spiro atoms. The number of nitriles is 1. The maximum atomic E-state index is 13.0. The van der Waals surface area contributed by atoms with Crippen LogP contribution in [0.15, 0.2) is 46.9 Å². The molecular formula is C16H11FN2O2. The Balaban J connectivity index is 1.93. The molecule has 104 valence electrons. The summed E-state index contributed by atoms with van der Waals surface area (Å²) in [5.41, 5.74) is 7.27. The first-order chi connectivity index (χ1) is 10.2. The average Bonchev–Trinajstić information content (AvgIpc) is 2.84. The highest BCUT2D eigenvalue weighted by molar-refractivity contribution is 5.86. The predicted molar refractivity (Wildman–Crippen MR) is 76.1 cm³/mol. The molecule has 2 aromatic carbocycles. The monoisotopic (exact) mass is 282 g/mol. The molecule has 0 unspecified atom stereocenters. The first kappa shape index (κ1) is 13.0. The van der Waals surface area contributed by atoms with Crippen LogP contribution in [0.1, 0.15) is 11.3 Å². The molecule has 0 aliphatic rings. The summed E-state index contributed by atoms with van der Waals surface area (Å²) in [6, 6.07) is 13.3. The van der Waals surface area contributed by atoms with E-state index in [9.17, 15) is 4.39 Å². The van der Waals surface area contributed by atoms with Crippen molar-refractivity contribution in [2.45, 2.75) is 6.61 Å². The van der Waals surface area contributed by atoms with Crippen molar-refractivity contribution in [3.63, 3.8) is 0 Å². The molecule has 0 saturated carbocycles. The number of nitrogen functional groups attached to an aromatic ring is 1. The van der Waals surface area contributed by atoms with Crippen molar-refractivity contribution < 1.29 is 13.5 Å². The van der Waals surface area contributed by atoms with Gasteiger partial charge in [-0.25, -0.2) is 4.39 Å². The van der Waals surface area contributed by atoms with Gasteiger partial charge in [0.2, 0.25) is 5.76 Å². The van der Waals surface area contributed by atoms with Crippen LogP contribution in [-0.2, 0) is 6.61 Å². The zero-order valence-corrected chi connectivity index (χ0v) is 11.0. The highest BCUT2D eigenvalue weighted by Crippen LogP contribution is 2.33. The number of para-hydroxylation sites is 1. The second-order valence-corrected chi connectivity index (χ2v) is 4.50. The van der Waals surface area contributed by atoms with Crippen molar-refractivity contribution in [1.82, 2.24) is 0 Å². The topological polar surface area (TPSA) is 72.2 Å². The molecule has 0 amide bonds. The van der Waals surface area contributed by atoms with Gasteiger partial charge in [-0.05, 0) is 24.3 Å². The van der Waals surface area contributed by atoms with Crippen LogP contribution in [0.25, 0.3) is 11.0 Å². The van der Waals surface area contributed by atoms with Gasteiger partial charge in [0.25, 0.3) is 0 Å². The van der Waals surface area contributed by atoms with E-state index in [-0.39, 0.29) is 12.4 Å². The van der Waals surface area contributed by atoms with E-state index in [1.165, 1.54) is 12.1 Å². The zero-order valence-electron chi connectivity index (χ0n) is 11.0. The fourth-order valence-electron chi connectivity index (χ4n) is 2.09. The number of ether oxygens (including phenoxy) is 1. The van der Waals surface area contributed by atoms with Gasteiger partial charge in [-0.2, -0.15) is 5.26 Å². The van der Waals surface area contributed by atoms with Crippen molar-refractivity contribution in [3.05, 3.63) is 59.6 Å². The molecule has 2 N–H and O–H groups in total. The van der Waals surface area contributed by atoms with Gasteiger partial charge >= 0.3 is 0 Å². The minimum atomic E-state index is -0.400. The molecule has 1 heterocycles. The van der Waals surface area contributed by atoms with E-state index in [2.05, 4.69) is 0 Å². The molecule has 3 aromatic rings. The van der Waals surface area contributed by atoms with Gasteiger partial charge in [-0.15, -0.1) is 0 Å². The standard InChI is InChI=1S/C16H11FN2O2/c17-11-6-5-10(13(19)7-11)9-20-16-12-3-1-2-4-14(12)21-15(16)8-18/h1-7H,9,19H2. The van der Waals surface area contributed by atoms with Gasteiger partial charge in [0.1, 0.15) is 24.1 Å². The molecule has 0 fully saturated rings. The van der Waals surface area contributed by atoms with E-state index in [0.717, 1.165) is 5.39 Å². The lowest BCUT2D eigenvalue weighted by molar-refractivity contribution is 0.304. The largest absolute Gasteiger partial charge is 0.483 e. The Morgan fingerprint density at radius 1 is 1.24 bits per heavy atom. The molecule has 0 bridgehead atoms. The Bertz CT molecular complexity index is 849. The number of rotatable bonds is 3. The van der Waals surface area contributed by atoms with Crippen molar-refractivity contribution >= 4 is 16.7 Å². The minimum Gasteiger partial charge on any atom is -0.483 e. The number of hydrogen-bond acceptors (Lipinski definition) is 4. The Labute approximate surface area is 120 Å². The van der Waals surface area contributed by atoms with E-state index in [1.807, 2.05) is 24.3 Å². The molecule has 21 heavy (non-hydrogen) atoms. The SMILES string of the molecule is N#Cc1oc2ccccc2c1OCc1ccc(F)cc1N. The first-order valence-electron chi connectivity index (χ1n) is 6.27. The molecule has 5 heteroatoms. The third kappa shape index (κ3) is 2.39. The van der Waals surface area contributed by atoms with Crippen molar-refractivity contribution in [2.75, 3.05) is 5.73 Å². The van der Waals surface area contributed by atoms with Gasteiger partial charge in [-0.1, -0.05) is 18.2 Å². The van der Waals surface area contributed by atoms with Crippen LogP contribution < -0.4 is 10.5 Å². The summed E-state index contributed by atoms with van der Waals surface area (Å²) in [7, 11) is 0. The number of anilines is 1. The quantitative estimate of drug-likeness (QED) is 0.745. The van der Waals surface area contributed by atoms with E-state index >= 15 is 0 Å². The lowest BCUT2D eigenvalue weighted by atomic mass is 10.2. The first-order valence-corrected chi connectivity index (χ1v) is 6.27. The molecule has 0 saturated heterocycles. The Hall–Kier alpha value is -3.00. The highest BCUT2D eigenvalue weighted by Gasteiger charge is 2.15. The van der Waals surface area contributed by atoms with Gasteiger partial charge in [-0.3, -0.25) is 0 Å². The summed E-state index contributed by atoms with van der Waals surface area (Å²) >= 11 is 0. The molecule has 0 radical (unpaired) electrons. The Morgan fingerprint density at radius 3 is 2.81 bits per heavy atom. The fraction of sp³-hybridized carbons (Fsp3) is 0.0625. The number of nitrogens with zero attached hydrogens (tertiary/aromatic N) is 1. The van der Waals surface area contributed by atoms with E-state index in [0.29, 0.717) is 22.6 Å². The summed E-state index contributed by atoms with van der Waals surface area (Å²) in [5.74, 6) is 0.0800. The van der Waals surface area contributed by atoms with E-state index in [1.54, 1.807) is 12.1 Å². The molecule has 3 rings (SSSR count). The highest BCUT2D eigenvalue weighted by atomic mass is 19.1. The van der Waals surface area contributed by atoms with E-state index < -0.39 is 5.82 Å². The summed E-state index contributed by atoms with van der Waals surface area (Å²) in [6.07, 6.45) is 0. The summed E-state index contributed by atoms with van der Waals surface area (Å²) in [5, 5.41) is 9.83. The maximum absolute atomic E-state index is 13.0. The summed E-state index contributed by atoms with van der Waals surface area (Å²) in [6.45, 7) is 0.129. The van der Waals surface area contributed by atoms with Crippen LogP contribution in [0.4, 0.5) is 10.1 Å². The average molecular weight is 282 g/mol. The van der Waals surface area contributed by atoms with Gasteiger partial charge in [0.05, 0.1) is 5.39 Å². The van der Waals surface area contributed by atoms with Crippen LogP contribution in [0, 0.1) is 17.1 Å². The molecular weight excluding hydrogens is 271 g/mol. The van der Waals surface area contributed by atoms with Gasteiger partial charge in [0.15, 0.2) is 5.75 Å². The molecule has 0 atom stereocenters. The van der Waals surface area contributed by atoms with Crippen LogP contribution >= 0.6 is 0 Å². The van der Waals surface area contributed by atoms with Gasteiger partial charge < -0.3 is 14.9 Å². The molecule has 0 aliphatic heterocycles. The third-order valence-corrected chi connectivity index (χ3v) is 3.13. The zero-order chi connectivity index (χ0) is 14.8. The molecule has 1 aromatic heterocycles. The number of furan rings is 1. The third-order valence-electron chi connectivity index (χ3n) is 3.13. The number of nitrogens with two attached hydrogens (primary N) is 1. The smallest absolute Gasteiger partial charge is 0.246 e. The number of hydrogen-bond donors (Lipinski definition) is 1. The van der Waals surface area contributed by atoms with E-state index in [4.69, 9.17) is 20.1 Å². The number of benzene rings is 2. The number of fused-ring (bicyclic) bond motifs is 1. The lowest BCUT2D eigenvalue weighted by Gasteiger charge is -2.07. The van der Waals surface area contributed by atoms with Crippen LogP contribution in [0.3, 0.4) is 0 Å². The second-order valence-electron chi connectivity index (χ2n) is 4.50. The minimum absolute atomic E-state index is 0.108. The lowest BCUT2D eigenvalue weighted by Crippen LogP contribution is -2.01. The van der Waals surface area contributed by atoms with Gasteiger partial charge in [0, 0.05) is 11.3 Å². The van der Waals surface area contributed by atoms with Crippen molar-refractivity contribution in [3.8, 4) is 11.8 Å². The number of halogens is 1. The normalized spacial score (nSPS) is 10.5. The van der Waals surface area contributed by atoms with Crippen LogP contribution in [-0.4, -0.2) is 0 Å². The summed E-state index contributed by atoms with van der Waals surface area (Å²) in [4.78, 5) is 0. The molecule has 4 nitrogen and oxygen atoms in total. The Kier molecular flexibility index (Phi) is 3.20. The summed E-state index contributed by atoms with van der Waals surface area (Å²) < 4.78 is 24.1. The van der Waals surface area contributed by atoms with Crippen molar-refractivity contribution in [2.24, 2.45) is 0 Å². The Morgan fingerprint density at radius 2 is 2.05 bits per heavy atom.